The average Bonchev–Trinajstić information content (AvgIpc) is 3.90. The van der Waals surface area contributed by atoms with Gasteiger partial charge in [0.1, 0.15) is 22.3 Å². The van der Waals surface area contributed by atoms with Crippen molar-refractivity contribution in [3.8, 4) is 44.5 Å². The van der Waals surface area contributed by atoms with Crippen molar-refractivity contribution in [1.29, 1.82) is 0 Å². The fourth-order valence-corrected chi connectivity index (χ4v) is 9.11. The van der Waals surface area contributed by atoms with E-state index in [1.54, 1.807) is 0 Å². The topological polar surface area (TPSA) is 29.5 Å². The molecule has 0 aliphatic heterocycles. The molecule has 10 aromatic carbocycles. The first kappa shape index (κ1) is 34.9. The Morgan fingerprint density at radius 3 is 1.52 bits per heavy atom. The third kappa shape index (κ3) is 5.98. The van der Waals surface area contributed by atoms with Gasteiger partial charge in [-0.15, -0.1) is 0 Å². The van der Waals surface area contributed by atoms with Crippen molar-refractivity contribution in [2.24, 2.45) is 0 Å². The van der Waals surface area contributed by atoms with Gasteiger partial charge in [-0.3, -0.25) is 0 Å². The van der Waals surface area contributed by atoms with Crippen molar-refractivity contribution >= 4 is 71.7 Å². The SMILES string of the molecule is c1ccc(-c2ccc(N(c3ccc(-c4ccc5c(c4)oc4ccccc45)cc3)c3ccc(-c4ccc5oc6c(-c7ccccc7)cccc6c5c4)cc3)c3ccccc23)cc1. The van der Waals surface area contributed by atoms with E-state index in [1.165, 1.54) is 21.9 Å². The number of furan rings is 2. The smallest absolute Gasteiger partial charge is 0.143 e. The summed E-state index contributed by atoms with van der Waals surface area (Å²) in [6, 6.07) is 79.9. The second-order valence-corrected chi connectivity index (χ2v) is 15.6. The van der Waals surface area contributed by atoms with E-state index in [1.807, 2.05) is 18.2 Å². The van der Waals surface area contributed by atoms with Gasteiger partial charge < -0.3 is 13.7 Å². The molecule has 0 atom stereocenters. The second-order valence-electron chi connectivity index (χ2n) is 15.6. The number of hydrogen-bond acceptors (Lipinski definition) is 3. The first-order valence-corrected chi connectivity index (χ1v) is 20.7. The van der Waals surface area contributed by atoms with Gasteiger partial charge in [0.15, 0.2) is 0 Å². The zero-order chi connectivity index (χ0) is 40.3. The van der Waals surface area contributed by atoms with E-state index >= 15 is 0 Å². The predicted octanol–water partition coefficient (Wildman–Crippen LogP) is 16.8. The molecule has 3 heteroatoms. The summed E-state index contributed by atoms with van der Waals surface area (Å²) in [7, 11) is 0. The van der Waals surface area contributed by atoms with Crippen LogP contribution in [0.1, 0.15) is 0 Å². The number of anilines is 3. The molecule has 0 saturated heterocycles. The highest BCUT2D eigenvalue weighted by Gasteiger charge is 2.19. The fraction of sp³-hybridized carbons (Fsp3) is 0. The molecule has 12 rings (SSSR count). The van der Waals surface area contributed by atoms with E-state index < -0.39 is 0 Å². The largest absolute Gasteiger partial charge is 0.456 e. The van der Waals surface area contributed by atoms with Crippen LogP contribution in [0.4, 0.5) is 17.1 Å². The van der Waals surface area contributed by atoms with Crippen LogP contribution in [0.2, 0.25) is 0 Å². The quantitative estimate of drug-likeness (QED) is 0.161. The first-order valence-electron chi connectivity index (χ1n) is 20.7. The molecule has 0 amide bonds. The minimum absolute atomic E-state index is 0.886. The van der Waals surface area contributed by atoms with Crippen LogP contribution >= 0.6 is 0 Å². The maximum absolute atomic E-state index is 6.51. The summed E-state index contributed by atoms with van der Waals surface area (Å²) < 4.78 is 12.8. The summed E-state index contributed by atoms with van der Waals surface area (Å²) in [5.41, 5.74) is 16.0. The molecule has 2 aromatic heterocycles. The van der Waals surface area contributed by atoms with E-state index in [2.05, 4.69) is 211 Å². The monoisotopic (exact) mass is 779 g/mol. The lowest BCUT2D eigenvalue weighted by Gasteiger charge is -2.28. The lowest BCUT2D eigenvalue weighted by molar-refractivity contribution is 0.669. The molecule has 286 valence electrons. The summed E-state index contributed by atoms with van der Waals surface area (Å²) in [6.45, 7) is 0. The Kier molecular flexibility index (Phi) is 8.17. The second kappa shape index (κ2) is 14.3. The molecule has 0 unspecified atom stereocenters. The molecule has 0 N–H and O–H groups in total. The number of fused-ring (bicyclic) bond motifs is 7. The molecule has 0 aliphatic carbocycles. The number of nitrogens with zero attached hydrogens (tertiary/aromatic N) is 1. The zero-order valence-electron chi connectivity index (χ0n) is 33.1. The third-order valence-corrected chi connectivity index (χ3v) is 12.1. The van der Waals surface area contributed by atoms with Gasteiger partial charge in [0.2, 0.25) is 0 Å². The molecule has 0 saturated carbocycles. The maximum Gasteiger partial charge on any atom is 0.143 e. The summed E-state index contributed by atoms with van der Waals surface area (Å²) in [6.07, 6.45) is 0. The summed E-state index contributed by atoms with van der Waals surface area (Å²) in [5.74, 6) is 0. The van der Waals surface area contributed by atoms with Crippen LogP contribution in [0.15, 0.2) is 233 Å². The Balaban J connectivity index is 0.955. The molecular formula is C58H37NO2. The summed E-state index contributed by atoms with van der Waals surface area (Å²) >= 11 is 0. The molecule has 12 aromatic rings. The minimum atomic E-state index is 0.886. The van der Waals surface area contributed by atoms with Gasteiger partial charge in [-0.25, -0.2) is 0 Å². The van der Waals surface area contributed by atoms with Gasteiger partial charge in [-0.1, -0.05) is 164 Å². The number of para-hydroxylation sites is 2. The molecule has 0 bridgehead atoms. The number of benzene rings is 10. The van der Waals surface area contributed by atoms with Gasteiger partial charge in [-0.2, -0.15) is 0 Å². The average molecular weight is 780 g/mol. The normalized spacial score (nSPS) is 11.6. The molecule has 0 spiro atoms. The van der Waals surface area contributed by atoms with E-state index in [0.717, 1.165) is 94.3 Å². The molecule has 2 heterocycles. The van der Waals surface area contributed by atoms with Gasteiger partial charge >= 0.3 is 0 Å². The molecule has 61 heavy (non-hydrogen) atoms. The lowest BCUT2D eigenvalue weighted by Crippen LogP contribution is -2.10. The molecular weight excluding hydrogens is 743 g/mol. The van der Waals surface area contributed by atoms with Crippen LogP contribution in [0.25, 0.3) is 99.2 Å². The minimum Gasteiger partial charge on any atom is -0.456 e. The van der Waals surface area contributed by atoms with E-state index in [9.17, 15) is 0 Å². The Morgan fingerprint density at radius 1 is 0.262 bits per heavy atom. The summed E-state index contributed by atoms with van der Waals surface area (Å²) in [5, 5.41) is 6.89. The highest BCUT2D eigenvalue weighted by Crippen LogP contribution is 2.44. The van der Waals surface area contributed by atoms with Crippen molar-refractivity contribution in [3.63, 3.8) is 0 Å². The molecule has 0 fully saturated rings. The Hall–Kier alpha value is -8.14. The van der Waals surface area contributed by atoms with Gasteiger partial charge in [0.05, 0.1) is 5.69 Å². The van der Waals surface area contributed by atoms with Gasteiger partial charge in [0, 0.05) is 43.9 Å². The van der Waals surface area contributed by atoms with Gasteiger partial charge in [-0.05, 0) is 105 Å². The van der Waals surface area contributed by atoms with E-state index in [0.29, 0.717) is 0 Å². The van der Waals surface area contributed by atoms with Crippen molar-refractivity contribution in [3.05, 3.63) is 224 Å². The molecule has 0 aliphatic rings. The van der Waals surface area contributed by atoms with Crippen molar-refractivity contribution in [1.82, 2.24) is 0 Å². The molecule has 0 radical (unpaired) electrons. The van der Waals surface area contributed by atoms with Crippen LogP contribution in [0.5, 0.6) is 0 Å². The fourth-order valence-electron chi connectivity index (χ4n) is 9.11. The van der Waals surface area contributed by atoms with Crippen LogP contribution in [-0.2, 0) is 0 Å². The highest BCUT2D eigenvalue weighted by molar-refractivity contribution is 6.11. The first-order chi connectivity index (χ1) is 30.2. The summed E-state index contributed by atoms with van der Waals surface area (Å²) in [4.78, 5) is 2.38. The van der Waals surface area contributed by atoms with Crippen LogP contribution in [0, 0.1) is 0 Å². The Bertz CT molecular complexity index is 3560. The number of hydrogen-bond donors (Lipinski definition) is 0. The van der Waals surface area contributed by atoms with Crippen molar-refractivity contribution in [2.45, 2.75) is 0 Å². The van der Waals surface area contributed by atoms with Crippen LogP contribution in [0.3, 0.4) is 0 Å². The Labute approximate surface area is 353 Å². The van der Waals surface area contributed by atoms with Crippen LogP contribution < -0.4 is 4.90 Å². The standard InChI is InChI=1S/C58H37NO2/c1-3-12-40(13-4-1)46-33-34-54(49-17-8-7-16-48(46)49)59(45-30-24-39(25-31-45)43-26-32-51-50-18-9-10-21-55(50)60-57(51)37-43)44-28-22-38(23-29-44)42-27-35-56-53(36-42)52-20-11-19-47(58(52)61-56)41-14-5-2-6-15-41/h1-37H. The Morgan fingerprint density at radius 2 is 0.803 bits per heavy atom. The van der Waals surface area contributed by atoms with Crippen LogP contribution in [-0.4, -0.2) is 0 Å². The van der Waals surface area contributed by atoms with Crippen molar-refractivity contribution < 1.29 is 8.83 Å². The van der Waals surface area contributed by atoms with E-state index in [4.69, 9.17) is 8.83 Å². The molecule has 3 nitrogen and oxygen atoms in total. The zero-order valence-corrected chi connectivity index (χ0v) is 33.1. The maximum atomic E-state index is 6.51. The number of rotatable bonds is 7. The van der Waals surface area contributed by atoms with Gasteiger partial charge in [0.25, 0.3) is 0 Å². The highest BCUT2D eigenvalue weighted by atomic mass is 16.3. The third-order valence-electron chi connectivity index (χ3n) is 12.1. The predicted molar refractivity (Wildman–Crippen MR) is 255 cm³/mol. The lowest BCUT2D eigenvalue weighted by atomic mass is 9.96. The van der Waals surface area contributed by atoms with E-state index in [-0.39, 0.29) is 0 Å². The van der Waals surface area contributed by atoms with Crippen molar-refractivity contribution in [2.75, 3.05) is 4.90 Å².